The van der Waals surface area contributed by atoms with Crippen LogP contribution in [0.15, 0.2) is 205 Å². The Morgan fingerprint density at radius 2 is 0.982 bits per heavy atom. The van der Waals surface area contributed by atoms with E-state index in [0.29, 0.717) is 5.82 Å². The Bertz CT molecular complexity index is 3130. The molecule has 11 rings (SSSR count). The van der Waals surface area contributed by atoms with E-state index in [1.807, 2.05) is 30.3 Å². The zero-order valence-electron chi connectivity index (χ0n) is 31.4. The highest BCUT2D eigenvalue weighted by molar-refractivity contribution is 6.09. The highest BCUT2D eigenvalue weighted by Crippen LogP contribution is 2.53. The molecule has 0 spiro atoms. The van der Waals surface area contributed by atoms with E-state index in [4.69, 9.17) is 14.4 Å². The first kappa shape index (κ1) is 33.0. The van der Waals surface area contributed by atoms with Gasteiger partial charge in [-0.15, -0.1) is 0 Å². The normalized spacial score (nSPS) is 14.5. The van der Waals surface area contributed by atoms with Crippen LogP contribution in [-0.2, 0) is 5.41 Å². The smallest absolute Gasteiger partial charge is 0.160 e. The van der Waals surface area contributed by atoms with Crippen LogP contribution in [0.25, 0.3) is 89.2 Å². The molecular weight excluding hydrogens is 693 g/mol. The standard InChI is InChI=1S/C54H36N2O/c1-54(41-18-6-3-7-19-41)47-24-10-8-20-43(47)44-31-30-38(33-48(44)54)35-26-28-36(29-27-35)49-34-50(56-53(55-49)37-14-4-2-5-15-37)40-17-12-16-39(32-40)42-22-13-23-46-45-21-9-11-25-51(45)57-52(42)46/h2-34H,1H3. The van der Waals surface area contributed by atoms with E-state index in [-0.39, 0.29) is 5.41 Å². The largest absolute Gasteiger partial charge is 0.455 e. The van der Waals surface area contributed by atoms with Gasteiger partial charge in [0.25, 0.3) is 0 Å². The third kappa shape index (κ3) is 5.43. The van der Waals surface area contributed by atoms with Crippen molar-refractivity contribution in [1.82, 2.24) is 9.97 Å². The van der Waals surface area contributed by atoms with Crippen molar-refractivity contribution in [1.29, 1.82) is 0 Å². The van der Waals surface area contributed by atoms with Crippen LogP contribution in [0.5, 0.6) is 0 Å². The van der Waals surface area contributed by atoms with Crippen LogP contribution in [0.2, 0.25) is 0 Å². The molecule has 0 amide bonds. The number of aromatic nitrogens is 2. The lowest BCUT2D eigenvalue weighted by Crippen LogP contribution is -2.22. The Labute approximate surface area is 331 Å². The fourth-order valence-electron chi connectivity index (χ4n) is 8.87. The molecule has 3 heteroatoms. The van der Waals surface area contributed by atoms with Crippen molar-refractivity contribution < 1.29 is 4.42 Å². The second-order valence-corrected chi connectivity index (χ2v) is 15.1. The van der Waals surface area contributed by atoms with Crippen LogP contribution < -0.4 is 0 Å². The lowest BCUT2D eigenvalue weighted by atomic mass is 9.74. The van der Waals surface area contributed by atoms with Crippen molar-refractivity contribution in [3.05, 3.63) is 217 Å². The van der Waals surface area contributed by atoms with Crippen molar-refractivity contribution in [2.45, 2.75) is 12.3 Å². The maximum Gasteiger partial charge on any atom is 0.160 e. The third-order valence-electron chi connectivity index (χ3n) is 11.8. The third-order valence-corrected chi connectivity index (χ3v) is 11.8. The Kier molecular flexibility index (Phi) is 7.61. The molecule has 268 valence electrons. The minimum Gasteiger partial charge on any atom is -0.455 e. The van der Waals surface area contributed by atoms with Gasteiger partial charge in [-0.05, 0) is 75.7 Å². The van der Waals surface area contributed by atoms with E-state index >= 15 is 0 Å². The molecule has 1 atom stereocenters. The summed E-state index contributed by atoms with van der Waals surface area (Å²) in [6, 6.07) is 71.0. The minimum atomic E-state index is -0.246. The molecule has 8 aromatic carbocycles. The molecule has 0 fully saturated rings. The summed E-state index contributed by atoms with van der Waals surface area (Å²) in [7, 11) is 0. The summed E-state index contributed by atoms with van der Waals surface area (Å²) in [6.45, 7) is 2.37. The molecule has 0 saturated carbocycles. The van der Waals surface area contributed by atoms with Gasteiger partial charge in [0, 0.05) is 38.4 Å². The zero-order chi connectivity index (χ0) is 37.9. The van der Waals surface area contributed by atoms with Gasteiger partial charge in [0.15, 0.2) is 5.82 Å². The molecule has 1 aliphatic carbocycles. The van der Waals surface area contributed by atoms with Crippen molar-refractivity contribution in [2.24, 2.45) is 0 Å². The van der Waals surface area contributed by atoms with Gasteiger partial charge in [-0.3, -0.25) is 0 Å². The van der Waals surface area contributed by atoms with E-state index < -0.39 is 0 Å². The second kappa shape index (κ2) is 13.1. The van der Waals surface area contributed by atoms with Gasteiger partial charge < -0.3 is 4.42 Å². The number of fused-ring (bicyclic) bond motifs is 6. The molecule has 1 aliphatic rings. The lowest BCUT2D eigenvalue weighted by molar-refractivity contribution is 0.670. The van der Waals surface area contributed by atoms with Gasteiger partial charge in [-0.2, -0.15) is 0 Å². The van der Waals surface area contributed by atoms with Crippen LogP contribution in [0.1, 0.15) is 23.6 Å². The number of hydrogen-bond donors (Lipinski definition) is 0. The summed E-state index contributed by atoms with van der Waals surface area (Å²) in [5.74, 6) is 0.690. The Morgan fingerprint density at radius 1 is 0.386 bits per heavy atom. The Balaban J connectivity index is 0.986. The highest BCUT2D eigenvalue weighted by Gasteiger charge is 2.40. The fourth-order valence-corrected chi connectivity index (χ4v) is 8.87. The van der Waals surface area contributed by atoms with Crippen LogP contribution in [-0.4, -0.2) is 9.97 Å². The van der Waals surface area contributed by atoms with Crippen LogP contribution >= 0.6 is 0 Å². The van der Waals surface area contributed by atoms with Gasteiger partial charge in [-0.1, -0.05) is 176 Å². The number of nitrogens with zero attached hydrogens (tertiary/aromatic N) is 2. The second-order valence-electron chi connectivity index (χ2n) is 15.1. The molecule has 3 nitrogen and oxygen atoms in total. The van der Waals surface area contributed by atoms with Gasteiger partial charge >= 0.3 is 0 Å². The molecule has 57 heavy (non-hydrogen) atoms. The fraction of sp³-hybridized carbons (Fsp3) is 0.0370. The van der Waals surface area contributed by atoms with E-state index in [9.17, 15) is 0 Å². The van der Waals surface area contributed by atoms with Gasteiger partial charge in [0.05, 0.1) is 11.4 Å². The first-order valence-electron chi connectivity index (χ1n) is 19.5. The SMILES string of the molecule is CC1(c2ccccc2)c2ccccc2-c2ccc(-c3ccc(-c4cc(-c5cccc(-c6cccc7c6oc6ccccc67)c5)nc(-c5ccccc5)n4)cc3)cc21. The number of hydrogen-bond acceptors (Lipinski definition) is 3. The Morgan fingerprint density at radius 3 is 1.82 bits per heavy atom. The van der Waals surface area contributed by atoms with Crippen molar-refractivity contribution >= 4 is 21.9 Å². The molecule has 0 bridgehead atoms. The summed E-state index contributed by atoms with van der Waals surface area (Å²) in [4.78, 5) is 10.3. The average Bonchev–Trinajstić information content (AvgIpc) is 3.80. The number of furan rings is 1. The summed E-state index contributed by atoms with van der Waals surface area (Å²) < 4.78 is 6.42. The van der Waals surface area contributed by atoms with E-state index in [0.717, 1.165) is 66.7 Å². The summed E-state index contributed by atoms with van der Waals surface area (Å²) >= 11 is 0. The van der Waals surface area contributed by atoms with E-state index in [1.165, 1.54) is 33.4 Å². The summed E-state index contributed by atoms with van der Waals surface area (Å²) in [5, 5.41) is 2.24. The number of benzene rings is 8. The molecule has 0 aliphatic heterocycles. The lowest BCUT2D eigenvalue weighted by Gasteiger charge is -2.28. The Hall–Kier alpha value is -7.36. The highest BCUT2D eigenvalue weighted by atomic mass is 16.3. The molecule has 0 radical (unpaired) electrons. The molecule has 1 unspecified atom stereocenters. The maximum atomic E-state index is 6.42. The van der Waals surface area contributed by atoms with Crippen molar-refractivity contribution in [3.8, 4) is 67.3 Å². The average molecular weight is 729 g/mol. The summed E-state index contributed by atoms with van der Waals surface area (Å²) in [5.41, 5.74) is 17.4. The summed E-state index contributed by atoms with van der Waals surface area (Å²) in [6.07, 6.45) is 0. The van der Waals surface area contributed by atoms with Gasteiger partial charge in [0.2, 0.25) is 0 Å². The predicted octanol–water partition coefficient (Wildman–Crippen LogP) is 14.0. The van der Waals surface area contributed by atoms with E-state index in [2.05, 4.69) is 177 Å². The van der Waals surface area contributed by atoms with Crippen LogP contribution in [0, 0.1) is 0 Å². The molecule has 2 heterocycles. The number of para-hydroxylation sites is 2. The van der Waals surface area contributed by atoms with Gasteiger partial charge in [-0.25, -0.2) is 9.97 Å². The number of rotatable bonds is 6. The predicted molar refractivity (Wildman–Crippen MR) is 234 cm³/mol. The van der Waals surface area contributed by atoms with Crippen LogP contribution in [0.3, 0.4) is 0 Å². The van der Waals surface area contributed by atoms with E-state index in [1.54, 1.807) is 0 Å². The van der Waals surface area contributed by atoms with Crippen molar-refractivity contribution in [3.63, 3.8) is 0 Å². The first-order chi connectivity index (χ1) is 28.1. The topological polar surface area (TPSA) is 38.9 Å². The first-order valence-corrected chi connectivity index (χ1v) is 19.5. The van der Waals surface area contributed by atoms with Crippen LogP contribution in [0.4, 0.5) is 0 Å². The van der Waals surface area contributed by atoms with Crippen molar-refractivity contribution in [2.75, 3.05) is 0 Å². The monoisotopic (exact) mass is 728 g/mol. The molecular formula is C54H36N2O. The van der Waals surface area contributed by atoms with Gasteiger partial charge in [0.1, 0.15) is 11.2 Å². The minimum absolute atomic E-state index is 0.246. The molecule has 10 aromatic rings. The molecule has 0 N–H and O–H groups in total. The maximum absolute atomic E-state index is 6.42. The quantitative estimate of drug-likeness (QED) is 0.171. The molecule has 0 saturated heterocycles. The molecule has 2 aromatic heterocycles. The zero-order valence-corrected chi connectivity index (χ0v) is 31.4.